The first-order valence-corrected chi connectivity index (χ1v) is 5.04. The van der Waals surface area contributed by atoms with Crippen LogP contribution in [0.5, 0.6) is 0 Å². The monoisotopic (exact) mass is 204 g/mol. The van der Waals surface area contributed by atoms with Crippen molar-refractivity contribution >= 4 is 5.97 Å². The van der Waals surface area contributed by atoms with Gasteiger partial charge in [0.1, 0.15) is 5.60 Å². The molecule has 0 saturated carbocycles. The summed E-state index contributed by atoms with van der Waals surface area (Å²) in [5.41, 5.74) is -0.104. The van der Waals surface area contributed by atoms with Crippen LogP contribution in [0.2, 0.25) is 0 Å². The summed E-state index contributed by atoms with van der Waals surface area (Å²) in [5, 5.41) is 0. The first kappa shape index (κ1) is 8.92. The van der Waals surface area contributed by atoms with Gasteiger partial charge in [-0.15, -0.1) is 0 Å². The first-order chi connectivity index (χ1) is 7.08. The smallest absolute Gasteiger partial charge is 0.339 e. The highest BCUT2D eigenvalue weighted by Crippen LogP contribution is 2.60. The average Bonchev–Trinajstić information content (AvgIpc) is 2.90. The number of carbonyl (C=O) groups is 1. The van der Waals surface area contributed by atoms with Crippen molar-refractivity contribution in [1.82, 2.24) is 0 Å². The average molecular weight is 204 g/mol. The molecule has 2 saturated heterocycles. The Morgan fingerprint density at radius 2 is 1.87 bits per heavy atom. The maximum absolute atomic E-state index is 11.5. The van der Waals surface area contributed by atoms with Crippen molar-refractivity contribution in [3.05, 3.63) is 35.9 Å². The van der Waals surface area contributed by atoms with Crippen LogP contribution in [0, 0.1) is 0 Å². The minimum Gasteiger partial charge on any atom is -0.454 e. The van der Waals surface area contributed by atoms with Gasteiger partial charge < -0.3 is 9.47 Å². The molecule has 0 N–H and O–H groups in total. The Bertz CT molecular complexity index is 424. The summed E-state index contributed by atoms with van der Waals surface area (Å²) in [6.45, 7) is 3.79. The molecule has 2 heterocycles. The molecule has 2 aliphatic heterocycles. The summed E-state index contributed by atoms with van der Waals surface area (Å²) in [7, 11) is 0. The van der Waals surface area contributed by atoms with Gasteiger partial charge in [-0.2, -0.15) is 0 Å². The number of rotatable bonds is 1. The summed E-state index contributed by atoms with van der Waals surface area (Å²) in [6.07, 6.45) is -0.408. The van der Waals surface area contributed by atoms with Crippen LogP contribution in [0.15, 0.2) is 30.3 Å². The number of epoxide rings is 1. The third kappa shape index (κ3) is 0.913. The number of ether oxygens (including phenoxy) is 2. The lowest BCUT2D eigenvalue weighted by Gasteiger charge is -2.27. The number of benzene rings is 1. The number of esters is 1. The van der Waals surface area contributed by atoms with Crippen LogP contribution in [-0.4, -0.2) is 17.7 Å². The molecule has 0 radical (unpaired) electrons. The molecule has 0 unspecified atom stereocenters. The molecule has 0 aliphatic carbocycles. The minimum atomic E-state index is -0.573. The van der Waals surface area contributed by atoms with E-state index in [2.05, 4.69) is 0 Å². The van der Waals surface area contributed by atoms with Gasteiger partial charge in [-0.05, 0) is 19.4 Å². The van der Waals surface area contributed by atoms with E-state index in [1.807, 2.05) is 44.2 Å². The van der Waals surface area contributed by atoms with E-state index in [1.54, 1.807) is 0 Å². The third-order valence-electron chi connectivity index (χ3n) is 3.28. The minimum absolute atomic E-state index is 0.246. The number of hydrogen-bond donors (Lipinski definition) is 0. The van der Waals surface area contributed by atoms with Crippen LogP contribution < -0.4 is 0 Å². The van der Waals surface area contributed by atoms with Crippen LogP contribution >= 0.6 is 0 Å². The van der Waals surface area contributed by atoms with Gasteiger partial charge in [0.2, 0.25) is 0 Å². The van der Waals surface area contributed by atoms with Gasteiger partial charge in [-0.1, -0.05) is 30.3 Å². The van der Waals surface area contributed by atoms with Crippen molar-refractivity contribution in [2.24, 2.45) is 0 Å². The molecule has 2 aliphatic rings. The molecule has 0 amide bonds. The molecule has 15 heavy (non-hydrogen) atoms. The highest BCUT2D eigenvalue weighted by atomic mass is 16.7. The van der Waals surface area contributed by atoms with Gasteiger partial charge in [-0.3, -0.25) is 0 Å². The quantitative estimate of drug-likeness (QED) is 0.515. The Morgan fingerprint density at radius 3 is 2.33 bits per heavy atom. The maximum Gasteiger partial charge on any atom is 0.339 e. The molecule has 1 aromatic rings. The van der Waals surface area contributed by atoms with Crippen molar-refractivity contribution in [3.63, 3.8) is 0 Å². The second-order valence-electron chi connectivity index (χ2n) is 4.53. The lowest BCUT2D eigenvalue weighted by Crippen LogP contribution is -2.36. The number of carbonyl (C=O) groups excluding carboxylic acids is 1. The largest absolute Gasteiger partial charge is 0.454 e. The zero-order valence-corrected chi connectivity index (χ0v) is 8.69. The first-order valence-electron chi connectivity index (χ1n) is 5.04. The van der Waals surface area contributed by atoms with Gasteiger partial charge >= 0.3 is 5.97 Å². The number of cyclic esters (lactones) is 1. The van der Waals surface area contributed by atoms with Gasteiger partial charge in [-0.25, -0.2) is 4.79 Å². The van der Waals surface area contributed by atoms with E-state index in [0.29, 0.717) is 0 Å². The summed E-state index contributed by atoms with van der Waals surface area (Å²) < 4.78 is 10.9. The van der Waals surface area contributed by atoms with Crippen LogP contribution in [0.3, 0.4) is 0 Å². The van der Waals surface area contributed by atoms with Gasteiger partial charge in [0, 0.05) is 0 Å². The Balaban J connectivity index is 2.11. The van der Waals surface area contributed by atoms with Crippen molar-refractivity contribution in [3.8, 4) is 0 Å². The van der Waals surface area contributed by atoms with E-state index in [0.717, 1.165) is 5.56 Å². The molecule has 1 aromatic carbocycles. The molecule has 3 nitrogen and oxygen atoms in total. The molecule has 0 aromatic heterocycles. The second kappa shape index (κ2) is 2.42. The predicted molar refractivity (Wildman–Crippen MR) is 53.2 cm³/mol. The molecule has 3 rings (SSSR count). The lowest BCUT2D eigenvalue weighted by molar-refractivity contribution is -0.160. The molecular weight excluding hydrogens is 192 g/mol. The Morgan fingerprint density at radius 1 is 1.20 bits per heavy atom. The molecule has 3 heteroatoms. The molecule has 78 valence electrons. The topological polar surface area (TPSA) is 38.8 Å². The van der Waals surface area contributed by atoms with E-state index in [-0.39, 0.29) is 5.97 Å². The summed E-state index contributed by atoms with van der Waals surface area (Å²) in [6, 6.07) is 9.79. The Hall–Kier alpha value is -1.35. The third-order valence-corrected chi connectivity index (χ3v) is 3.28. The fourth-order valence-corrected chi connectivity index (χ4v) is 2.46. The van der Waals surface area contributed by atoms with E-state index in [9.17, 15) is 4.79 Å². The van der Waals surface area contributed by atoms with Gasteiger partial charge in [0.15, 0.2) is 11.7 Å². The standard InChI is InChI=1S/C12H12O3/c1-11(2)12(8-6-4-3-5-7-8)9(14-12)10(13)15-11/h3-7,9H,1-2H3/t9-,12-/m0/s1. The molecule has 0 bridgehead atoms. The van der Waals surface area contributed by atoms with Gasteiger partial charge in [0.25, 0.3) is 0 Å². The van der Waals surface area contributed by atoms with Crippen molar-refractivity contribution in [1.29, 1.82) is 0 Å². The van der Waals surface area contributed by atoms with E-state index in [1.165, 1.54) is 0 Å². The van der Waals surface area contributed by atoms with Crippen LogP contribution in [0.4, 0.5) is 0 Å². The van der Waals surface area contributed by atoms with Crippen LogP contribution in [-0.2, 0) is 19.9 Å². The molecule has 2 fully saturated rings. The van der Waals surface area contributed by atoms with Crippen molar-refractivity contribution in [2.45, 2.75) is 31.2 Å². The Labute approximate surface area is 88.0 Å². The SMILES string of the molecule is CC1(C)OC(=O)[C@@H]2O[C@@]21c1ccccc1. The number of hydrogen-bond acceptors (Lipinski definition) is 3. The Kier molecular flexibility index (Phi) is 1.44. The predicted octanol–water partition coefficient (Wildman–Crippen LogP) is 1.62. The van der Waals surface area contributed by atoms with Crippen molar-refractivity contribution < 1.29 is 14.3 Å². The van der Waals surface area contributed by atoms with Crippen LogP contribution in [0.25, 0.3) is 0 Å². The zero-order valence-electron chi connectivity index (χ0n) is 8.69. The second-order valence-corrected chi connectivity index (χ2v) is 4.53. The zero-order chi connectivity index (χ0) is 10.7. The number of fused-ring (bicyclic) bond motifs is 1. The van der Waals surface area contributed by atoms with Crippen molar-refractivity contribution in [2.75, 3.05) is 0 Å². The fourth-order valence-electron chi connectivity index (χ4n) is 2.46. The van der Waals surface area contributed by atoms with E-state index in [4.69, 9.17) is 9.47 Å². The summed E-state index contributed by atoms with van der Waals surface area (Å²) in [4.78, 5) is 11.5. The molecule has 0 spiro atoms. The summed E-state index contributed by atoms with van der Waals surface area (Å²) >= 11 is 0. The van der Waals surface area contributed by atoms with Crippen LogP contribution in [0.1, 0.15) is 19.4 Å². The highest BCUT2D eigenvalue weighted by Gasteiger charge is 2.77. The molecule has 2 atom stereocenters. The van der Waals surface area contributed by atoms with Gasteiger partial charge in [0.05, 0.1) is 0 Å². The normalized spacial score (nSPS) is 35.9. The fraction of sp³-hybridized carbons (Fsp3) is 0.417. The van der Waals surface area contributed by atoms with E-state index < -0.39 is 17.3 Å². The van der Waals surface area contributed by atoms with E-state index >= 15 is 0 Å². The highest BCUT2D eigenvalue weighted by molar-refractivity contribution is 5.84. The molecular formula is C12H12O3. The summed E-state index contributed by atoms with van der Waals surface area (Å²) in [5.74, 6) is -0.246. The maximum atomic E-state index is 11.5. The lowest BCUT2D eigenvalue weighted by atomic mass is 9.83.